The lowest BCUT2D eigenvalue weighted by Crippen LogP contribution is -2.48. The number of amides is 1. The van der Waals surface area contributed by atoms with Crippen molar-refractivity contribution < 1.29 is 4.79 Å². The Kier molecular flexibility index (Phi) is 4.29. The molecule has 4 saturated carbocycles. The van der Waals surface area contributed by atoms with Crippen LogP contribution in [-0.2, 0) is 4.79 Å². The van der Waals surface area contributed by atoms with Crippen LogP contribution in [0.1, 0.15) is 44.9 Å². The van der Waals surface area contributed by atoms with Crippen LogP contribution >= 0.6 is 23.8 Å². The average Bonchev–Trinajstić information content (AvgIpc) is 2.44. The van der Waals surface area contributed by atoms with Gasteiger partial charge in [-0.3, -0.25) is 4.79 Å². The van der Waals surface area contributed by atoms with Crippen molar-refractivity contribution in [3.63, 3.8) is 0 Å². The van der Waals surface area contributed by atoms with Gasteiger partial charge in [0.1, 0.15) is 0 Å². The summed E-state index contributed by atoms with van der Waals surface area (Å²) < 4.78 is 0. The molecule has 0 spiro atoms. The van der Waals surface area contributed by atoms with Gasteiger partial charge in [0, 0.05) is 17.1 Å². The van der Waals surface area contributed by atoms with Crippen LogP contribution < -0.4 is 10.6 Å². The van der Waals surface area contributed by atoms with Crippen molar-refractivity contribution in [3.8, 4) is 0 Å². The molecule has 4 aliphatic carbocycles. The smallest absolute Gasteiger partial charge is 0.226 e. The molecule has 4 aliphatic rings. The largest absolute Gasteiger partial charge is 0.332 e. The summed E-state index contributed by atoms with van der Waals surface area (Å²) in [6, 6.07) is 7.33. The number of hydrogen-bond donors (Lipinski definition) is 2. The van der Waals surface area contributed by atoms with Gasteiger partial charge in [0.2, 0.25) is 5.91 Å². The molecule has 0 radical (unpaired) electrons. The molecule has 5 heteroatoms. The maximum atomic E-state index is 12.5. The third-order valence-electron chi connectivity index (χ3n) is 6.04. The molecule has 1 aromatic carbocycles. The Morgan fingerprint density at radius 3 is 2.38 bits per heavy atom. The summed E-state index contributed by atoms with van der Waals surface area (Å²) in [5, 5.41) is 6.89. The molecule has 0 saturated heterocycles. The summed E-state index contributed by atoms with van der Waals surface area (Å²) in [5.41, 5.74) is 1.03. The minimum absolute atomic E-state index is 0.0523. The molecule has 5 rings (SSSR count). The van der Waals surface area contributed by atoms with E-state index in [-0.39, 0.29) is 11.3 Å². The minimum Gasteiger partial charge on any atom is -0.332 e. The predicted molar refractivity (Wildman–Crippen MR) is 101 cm³/mol. The van der Waals surface area contributed by atoms with Gasteiger partial charge in [-0.1, -0.05) is 17.7 Å². The molecular formula is C19H23ClN2OS. The fourth-order valence-corrected chi connectivity index (χ4v) is 6.17. The zero-order chi connectivity index (χ0) is 16.7. The highest BCUT2D eigenvalue weighted by atomic mass is 35.5. The quantitative estimate of drug-likeness (QED) is 0.762. The molecule has 128 valence electrons. The van der Waals surface area contributed by atoms with Gasteiger partial charge in [0.15, 0.2) is 5.11 Å². The normalized spacial score (nSPS) is 33.3. The van der Waals surface area contributed by atoms with Crippen LogP contribution in [0.5, 0.6) is 0 Å². The molecule has 0 atom stereocenters. The number of rotatable bonds is 3. The van der Waals surface area contributed by atoms with Gasteiger partial charge in [0.25, 0.3) is 0 Å². The molecule has 4 fully saturated rings. The van der Waals surface area contributed by atoms with Gasteiger partial charge < -0.3 is 10.6 Å². The first kappa shape index (κ1) is 16.3. The summed E-state index contributed by atoms with van der Waals surface area (Å²) in [6.07, 6.45) is 8.53. The van der Waals surface area contributed by atoms with E-state index in [1.165, 1.54) is 38.5 Å². The maximum Gasteiger partial charge on any atom is 0.226 e. The van der Waals surface area contributed by atoms with E-state index in [1.54, 1.807) is 12.1 Å². The third-order valence-corrected chi connectivity index (χ3v) is 6.48. The van der Waals surface area contributed by atoms with Crippen molar-refractivity contribution >= 4 is 40.5 Å². The van der Waals surface area contributed by atoms with Crippen LogP contribution in [0.3, 0.4) is 0 Å². The van der Waals surface area contributed by atoms with Gasteiger partial charge in [0.05, 0.1) is 0 Å². The highest BCUT2D eigenvalue weighted by Gasteiger charge is 2.51. The molecule has 2 N–H and O–H groups in total. The first-order valence-corrected chi connectivity index (χ1v) is 9.65. The molecule has 1 aromatic rings. The SMILES string of the molecule is O=C(CC12CC3CC(CC(C3)C1)C2)NC(=S)Nc1cccc(Cl)c1. The average molecular weight is 363 g/mol. The lowest BCUT2D eigenvalue weighted by atomic mass is 9.49. The number of benzene rings is 1. The van der Waals surface area contributed by atoms with E-state index in [2.05, 4.69) is 10.6 Å². The minimum atomic E-state index is 0.0523. The maximum absolute atomic E-state index is 12.5. The fraction of sp³-hybridized carbons (Fsp3) is 0.579. The Labute approximate surface area is 153 Å². The van der Waals surface area contributed by atoms with Crippen LogP contribution in [0.15, 0.2) is 24.3 Å². The molecule has 24 heavy (non-hydrogen) atoms. The van der Waals surface area contributed by atoms with Crippen molar-refractivity contribution in [2.75, 3.05) is 5.32 Å². The van der Waals surface area contributed by atoms with E-state index >= 15 is 0 Å². The summed E-state index contributed by atoms with van der Waals surface area (Å²) in [6.45, 7) is 0. The second-order valence-electron chi connectivity index (χ2n) is 8.11. The Morgan fingerprint density at radius 1 is 1.17 bits per heavy atom. The van der Waals surface area contributed by atoms with Crippen LogP contribution in [0.4, 0.5) is 5.69 Å². The lowest BCUT2D eigenvalue weighted by Gasteiger charge is -2.56. The second-order valence-corrected chi connectivity index (χ2v) is 8.95. The van der Waals surface area contributed by atoms with Gasteiger partial charge >= 0.3 is 0 Å². The number of thiocarbonyl (C=S) groups is 1. The van der Waals surface area contributed by atoms with Crippen LogP contribution in [0, 0.1) is 23.2 Å². The van der Waals surface area contributed by atoms with E-state index in [0.717, 1.165) is 23.4 Å². The molecular weight excluding hydrogens is 340 g/mol. The number of carbonyl (C=O) groups excluding carboxylic acids is 1. The van der Waals surface area contributed by atoms with E-state index in [0.29, 0.717) is 16.6 Å². The number of halogens is 1. The fourth-order valence-electron chi connectivity index (χ4n) is 5.75. The molecule has 0 unspecified atom stereocenters. The topological polar surface area (TPSA) is 41.1 Å². The van der Waals surface area contributed by atoms with Crippen LogP contribution in [0.25, 0.3) is 0 Å². The standard InChI is InChI=1S/C19H23ClN2OS/c20-15-2-1-3-16(7-15)21-18(24)22-17(23)11-19-8-12-4-13(9-19)6-14(5-12)10-19/h1-3,7,12-14H,4-6,8-11H2,(H2,21,22,23,24). The molecule has 0 heterocycles. The predicted octanol–water partition coefficient (Wildman–Crippen LogP) is 4.76. The van der Waals surface area contributed by atoms with E-state index in [9.17, 15) is 4.79 Å². The van der Waals surface area contributed by atoms with Gasteiger partial charge in [-0.15, -0.1) is 0 Å². The highest BCUT2D eigenvalue weighted by Crippen LogP contribution is 2.61. The molecule has 3 nitrogen and oxygen atoms in total. The molecule has 4 bridgehead atoms. The Bertz CT molecular complexity index is 640. The summed E-state index contributed by atoms with van der Waals surface area (Å²) in [7, 11) is 0. The highest BCUT2D eigenvalue weighted by molar-refractivity contribution is 7.80. The number of hydrogen-bond acceptors (Lipinski definition) is 2. The number of anilines is 1. The van der Waals surface area contributed by atoms with E-state index < -0.39 is 0 Å². The molecule has 1 amide bonds. The van der Waals surface area contributed by atoms with Crippen LogP contribution in [0.2, 0.25) is 5.02 Å². The summed E-state index contributed by atoms with van der Waals surface area (Å²) in [4.78, 5) is 12.5. The Morgan fingerprint density at radius 2 is 1.79 bits per heavy atom. The van der Waals surface area contributed by atoms with Crippen molar-refractivity contribution in [1.29, 1.82) is 0 Å². The monoisotopic (exact) mass is 362 g/mol. The third kappa shape index (κ3) is 3.45. The van der Waals surface area contributed by atoms with E-state index in [1.807, 2.05) is 12.1 Å². The van der Waals surface area contributed by atoms with E-state index in [4.69, 9.17) is 23.8 Å². The number of nitrogens with one attached hydrogen (secondary N) is 2. The van der Waals surface area contributed by atoms with Crippen molar-refractivity contribution in [3.05, 3.63) is 29.3 Å². The van der Waals surface area contributed by atoms with Gasteiger partial charge in [-0.2, -0.15) is 0 Å². The number of carbonyl (C=O) groups is 1. The summed E-state index contributed by atoms with van der Waals surface area (Å²) >= 11 is 11.2. The summed E-state index contributed by atoms with van der Waals surface area (Å²) in [5.74, 6) is 2.64. The lowest BCUT2D eigenvalue weighted by molar-refractivity contribution is -0.127. The van der Waals surface area contributed by atoms with Crippen molar-refractivity contribution in [2.24, 2.45) is 23.2 Å². The first-order valence-electron chi connectivity index (χ1n) is 8.86. The zero-order valence-corrected chi connectivity index (χ0v) is 15.3. The zero-order valence-electron chi connectivity index (χ0n) is 13.7. The Hall–Kier alpha value is -1.13. The van der Waals surface area contributed by atoms with Crippen molar-refractivity contribution in [1.82, 2.24) is 5.32 Å². The van der Waals surface area contributed by atoms with Gasteiger partial charge in [-0.05, 0) is 92.1 Å². The van der Waals surface area contributed by atoms with Gasteiger partial charge in [-0.25, -0.2) is 0 Å². The first-order chi connectivity index (χ1) is 11.5. The van der Waals surface area contributed by atoms with Crippen molar-refractivity contribution in [2.45, 2.75) is 44.9 Å². The Balaban J connectivity index is 1.34. The van der Waals surface area contributed by atoms with Crippen LogP contribution in [-0.4, -0.2) is 11.0 Å². The molecule has 0 aromatic heterocycles. The molecule has 0 aliphatic heterocycles. The second kappa shape index (κ2) is 6.30.